The first-order valence-electron chi connectivity index (χ1n) is 5.55. The molecule has 0 unspecified atom stereocenters. The summed E-state index contributed by atoms with van der Waals surface area (Å²) in [6.07, 6.45) is 9.51. The fraction of sp³-hybridized carbons (Fsp3) is 1.00. The van der Waals surface area contributed by atoms with Crippen molar-refractivity contribution in [3.63, 3.8) is 0 Å². The van der Waals surface area contributed by atoms with Crippen LogP contribution in [-0.4, -0.2) is 17.0 Å². The Morgan fingerprint density at radius 2 is 1.69 bits per heavy atom. The van der Waals surface area contributed by atoms with Gasteiger partial charge in [0, 0.05) is 11.9 Å². The molecule has 2 atom stereocenters. The van der Waals surface area contributed by atoms with Gasteiger partial charge in [0.15, 0.2) is 0 Å². The topological polar surface area (TPSA) is 20.2 Å². The van der Waals surface area contributed by atoms with Gasteiger partial charge in [0.1, 0.15) is 0 Å². The molecule has 1 N–H and O–H groups in total. The number of aliphatic hydroxyl groups is 1. The van der Waals surface area contributed by atoms with Crippen molar-refractivity contribution in [1.29, 1.82) is 0 Å². The molecule has 1 nitrogen and oxygen atoms in total. The third-order valence-electron chi connectivity index (χ3n) is 3.01. The molecule has 2 heteroatoms. The van der Waals surface area contributed by atoms with E-state index >= 15 is 0 Å². The van der Waals surface area contributed by atoms with Crippen molar-refractivity contribution in [2.75, 3.05) is 11.9 Å². The Labute approximate surface area is 90.0 Å². The second-order valence-electron chi connectivity index (χ2n) is 4.18. The van der Waals surface area contributed by atoms with Crippen LogP contribution in [0.25, 0.3) is 0 Å². The first-order chi connectivity index (χ1) is 6.38. The standard InChI is InChI=1S/C11H21BrO/c12-7-5-3-1-2-4-6-10-8-11(10)9-13/h10-11,13H,1-9H2/t10-,11-/m0/s1. The summed E-state index contributed by atoms with van der Waals surface area (Å²) in [4.78, 5) is 0. The van der Waals surface area contributed by atoms with Crippen molar-refractivity contribution >= 4 is 15.9 Å². The minimum Gasteiger partial charge on any atom is -0.396 e. The van der Waals surface area contributed by atoms with E-state index < -0.39 is 0 Å². The zero-order valence-electron chi connectivity index (χ0n) is 8.34. The number of rotatable bonds is 8. The van der Waals surface area contributed by atoms with Gasteiger partial charge in [-0.25, -0.2) is 0 Å². The minimum atomic E-state index is 0.425. The smallest absolute Gasteiger partial charge is 0.0462 e. The Hall–Kier alpha value is 0.440. The quantitative estimate of drug-likeness (QED) is 0.516. The summed E-state index contributed by atoms with van der Waals surface area (Å²) in [5, 5.41) is 10.00. The number of hydrogen-bond donors (Lipinski definition) is 1. The minimum absolute atomic E-state index is 0.425. The predicted molar refractivity (Wildman–Crippen MR) is 60.2 cm³/mol. The van der Waals surface area contributed by atoms with Crippen LogP contribution in [0, 0.1) is 11.8 Å². The predicted octanol–water partition coefficient (Wildman–Crippen LogP) is 3.35. The van der Waals surface area contributed by atoms with E-state index in [4.69, 9.17) is 5.11 Å². The van der Waals surface area contributed by atoms with E-state index in [0.717, 1.165) is 11.2 Å². The molecule has 0 aromatic carbocycles. The van der Waals surface area contributed by atoms with Crippen molar-refractivity contribution in [1.82, 2.24) is 0 Å². The van der Waals surface area contributed by atoms with Gasteiger partial charge in [0.2, 0.25) is 0 Å². The van der Waals surface area contributed by atoms with Crippen LogP contribution >= 0.6 is 15.9 Å². The maximum Gasteiger partial charge on any atom is 0.0462 e. The van der Waals surface area contributed by atoms with Gasteiger partial charge < -0.3 is 5.11 Å². The van der Waals surface area contributed by atoms with Crippen LogP contribution in [0.15, 0.2) is 0 Å². The maximum absolute atomic E-state index is 8.84. The second kappa shape index (κ2) is 6.83. The number of alkyl halides is 1. The van der Waals surface area contributed by atoms with E-state index in [1.54, 1.807) is 0 Å². The molecule has 0 aromatic heterocycles. The number of hydrogen-bond acceptors (Lipinski definition) is 1. The molecule has 13 heavy (non-hydrogen) atoms. The van der Waals surface area contributed by atoms with Crippen LogP contribution < -0.4 is 0 Å². The molecule has 1 saturated carbocycles. The molecule has 1 aliphatic carbocycles. The molecule has 78 valence electrons. The lowest BCUT2D eigenvalue weighted by Gasteiger charge is -1.99. The summed E-state index contributed by atoms with van der Waals surface area (Å²) >= 11 is 3.44. The molecular weight excluding hydrogens is 228 g/mol. The van der Waals surface area contributed by atoms with Crippen LogP contribution in [0.5, 0.6) is 0 Å². The van der Waals surface area contributed by atoms with E-state index in [2.05, 4.69) is 15.9 Å². The van der Waals surface area contributed by atoms with Gasteiger partial charge in [-0.05, 0) is 24.7 Å². The molecule has 0 spiro atoms. The number of aliphatic hydroxyl groups excluding tert-OH is 1. The lowest BCUT2D eigenvalue weighted by molar-refractivity contribution is 0.267. The van der Waals surface area contributed by atoms with Gasteiger partial charge >= 0.3 is 0 Å². The highest BCUT2D eigenvalue weighted by Gasteiger charge is 2.34. The molecule has 0 aliphatic heterocycles. The lowest BCUT2D eigenvalue weighted by Crippen LogP contribution is -1.89. The summed E-state index contributed by atoms with van der Waals surface area (Å²) in [7, 11) is 0. The summed E-state index contributed by atoms with van der Waals surface area (Å²) in [6, 6.07) is 0. The van der Waals surface area contributed by atoms with Crippen molar-refractivity contribution in [2.45, 2.75) is 44.9 Å². The monoisotopic (exact) mass is 248 g/mol. The van der Waals surface area contributed by atoms with Gasteiger partial charge in [-0.1, -0.05) is 48.0 Å². The number of halogens is 1. The summed E-state index contributed by atoms with van der Waals surface area (Å²) in [5.74, 6) is 1.55. The molecule has 0 heterocycles. The van der Waals surface area contributed by atoms with Crippen LogP contribution in [-0.2, 0) is 0 Å². The van der Waals surface area contributed by atoms with Gasteiger partial charge in [-0.15, -0.1) is 0 Å². The Bertz CT molecular complexity index is 127. The van der Waals surface area contributed by atoms with E-state index in [1.807, 2.05) is 0 Å². The number of unbranched alkanes of at least 4 members (excludes halogenated alkanes) is 4. The highest BCUT2D eigenvalue weighted by molar-refractivity contribution is 9.09. The fourth-order valence-corrected chi connectivity index (χ4v) is 2.32. The molecule has 0 amide bonds. The van der Waals surface area contributed by atoms with Crippen molar-refractivity contribution in [2.24, 2.45) is 11.8 Å². The first kappa shape index (κ1) is 11.5. The zero-order valence-corrected chi connectivity index (χ0v) is 9.93. The summed E-state index contributed by atoms with van der Waals surface area (Å²) in [5.41, 5.74) is 0. The normalized spacial score (nSPS) is 26.3. The zero-order chi connectivity index (χ0) is 9.52. The second-order valence-corrected chi connectivity index (χ2v) is 4.98. The van der Waals surface area contributed by atoms with Crippen LogP contribution in [0.2, 0.25) is 0 Å². The van der Waals surface area contributed by atoms with Crippen LogP contribution in [0.3, 0.4) is 0 Å². The van der Waals surface area contributed by atoms with E-state index in [1.165, 1.54) is 44.9 Å². The van der Waals surface area contributed by atoms with Crippen molar-refractivity contribution in [3.8, 4) is 0 Å². The fourth-order valence-electron chi connectivity index (χ4n) is 1.92. The van der Waals surface area contributed by atoms with Gasteiger partial charge in [-0.2, -0.15) is 0 Å². The SMILES string of the molecule is OC[C@@H]1C[C@@H]1CCCCCCCBr. The van der Waals surface area contributed by atoms with Crippen molar-refractivity contribution in [3.05, 3.63) is 0 Å². The average Bonchev–Trinajstić information content (AvgIpc) is 2.90. The molecule has 1 rings (SSSR count). The van der Waals surface area contributed by atoms with Crippen molar-refractivity contribution < 1.29 is 5.11 Å². The Balaban J connectivity index is 1.75. The van der Waals surface area contributed by atoms with Gasteiger partial charge in [0.05, 0.1) is 0 Å². The van der Waals surface area contributed by atoms with Crippen LogP contribution in [0.4, 0.5) is 0 Å². The Morgan fingerprint density at radius 1 is 1.00 bits per heavy atom. The molecule has 0 radical (unpaired) electrons. The lowest BCUT2D eigenvalue weighted by atomic mass is 10.1. The van der Waals surface area contributed by atoms with Gasteiger partial charge in [0.25, 0.3) is 0 Å². The third-order valence-corrected chi connectivity index (χ3v) is 3.57. The molecular formula is C11H21BrO. The van der Waals surface area contributed by atoms with E-state index in [9.17, 15) is 0 Å². The Morgan fingerprint density at radius 3 is 2.31 bits per heavy atom. The Kier molecular flexibility index (Phi) is 6.05. The third kappa shape index (κ3) is 5.02. The molecule has 0 bridgehead atoms. The van der Waals surface area contributed by atoms with Crippen LogP contribution in [0.1, 0.15) is 44.9 Å². The summed E-state index contributed by atoms with van der Waals surface area (Å²) < 4.78 is 0. The average molecular weight is 249 g/mol. The molecule has 0 saturated heterocycles. The molecule has 1 fully saturated rings. The largest absolute Gasteiger partial charge is 0.396 e. The van der Waals surface area contributed by atoms with Gasteiger partial charge in [-0.3, -0.25) is 0 Å². The highest BCUT2D eigenvalue weighted by Crippen LogP contribution is 2.41. The molecule has 0 aromatic rings. The van der Waals surface area contributed by atoms with E-state index in [0.29, 0.717) is 12.5 Å². The summed E-state index contributed by atoms with van der Waals surface area (Å²) in [6.45, 7) is 0.425. The maximum atomic E-state index is 8.84. The van der Waals surface area contributed by atoms with E-state index in [-0.39, 0.29) is 0 Å². The molecule has 1 aliphatic rings. The highest BCUT2D eigenvalue weighted by atomic mass is 79.9. The first-order valence-corrected chi connectivity index (χ1v) is 6.67.